The van der Waals surface area contributed by atoms with E-state index in [0.717, 1.165) is 23.6 Å². The number of aliphatic imine (C=N–C) groups is 1. The second kappa shape index (κ2) is 9.02. The van der Waals surface area contributed by atoms with Gasteiger partial charge in [0.05, 0.1) is 19.2 Å². The molecule has 0 aliphatic carbocycles. The zero-order valence-electron chi connectivity index (χ0n) is 14.4. The summed E-state index contributed by atoms with van der Waals surface area (Å²) in [6.07, 6.45) is 1.43. The fourth-order valence-corrected chi connectivity index (χ4v) is 2.59. The van der Waals surface area contributed by atoms with Crippen LogP contribution in [0.3, 0.4) is 0 Å². The molecule has 2 heterocycles. The van der Waals surface area contributed by atoms with E-state index in [1.165, 1.54) is 0 Å². The number of fused-ring (bicyclic) bond motifs is 1. The molecule has 3 rings (SSSR count). The first kappa shape index (κ1) is 19.5. The minimum atomic E-state index is 0. The van der Waals surface area contributed by atoms with Crippen molar-refractivity contribution in [3.05, 3.63) is 41.5 Å². The van der Waals surface area contributed by atoms with E-state index in [-0.39, 0.29) is 35.9 Å². The van der Waals surface area contributed by atoms with Crippen molar-refractivity contribution in [1.82, 2.24) is 15.5 Å². The minimum absolute atomic E-state index is 0. The number of rotatable bonds is 5. The number of nitrogens with two attached hydrogens (primary N) is 1. The number of hydrogen-bond donors (Lipinski definition) is 2. The Balaban J connectivity index is 0.00000225. The van der Waals surface area contributed by atoms with Crippen LogP contribution < -0.4 is 15.8 Å². The van der Waals surface area contributed by atoms with Gasteiger partial charge in [0, 0.05) is 24.3 Å². The van der Waals surface area contributed by atoms with Gasteiger partial charge < -0.3 is 20.3 Å². The molecule has 0 radical (unpaired) electrons. The third-order valence-electron chi connectivity index (χ3n) is 3.89. The zero-order chi connectivity index (χ0) is 16.9. The predicted octanol–water partition coefficient (Wildman–Crippen LogP) is 2.78. The van der Waals surface area contributed by atoms with Gasteiger partial charge >= 0.3 is 0 Å². The summed E-state index contributed by atoms with van der Waals surface area (Å²) in [6.45, 7) is 5.23. The minimum Gasteiger partial charge on any atom is -0.493 e. The lowest BCUT2D eigenvalue weighted by Gasteiger charge is -2.26. The van der Waals surface area contributed by atoms with Crippen molar-refractivity contribution in [2.24, 2.45) is 10.7 Å². The Hall–Kier alpha value is -1.84. The molecule has 25 heavy (non-hydrogen) atoms. The zero-order valence-corrected chi connectivity index (χ0v) is 16.8. The Morgan fingerprint density at radius 3 is 2.96 bits per heavy atom. The van der Waals surface area contributed by atoms with E-state index in [0.29, 0.717) is 31.4 Å². The van der Waals surface area contributed by atoms with Gasteiger partial charge in [-0.1, -0.05) is 37.2 Å². The number of aromatic nitrogens is 2. The van der Waals surface area contributed by atoms with E-state index in [9.17, 15) is 0 Å². The molecule has 0 saturated carbocycles. The predicted molar refractivity (Wildman–Crippen MR) is 106 cm³/mol. The lowest BCUT2D eigenvalue weighted by Crippen LogP contribution is -2.37. The first-order chi connectivity index (χ1) is 11.6. The van der Waals surface area contributed by atoms with Crippen molar-refractivity contribution in [3.8, 4) is 5.75 Å². The van der Waals surface area contributed by atoms with Crippen LogP contribution in [0.4, 0.5) is 0 Å². The fraction of sp³-hybridized carbons (Fsp3) is 0.471. The molecule has 7 nitrogen and oxygen atoms in total. The fourth-order valence-electron chi connectivity index (χ4n) is 2.59. The van der Waals surface area contributed by atoms with Crippen molar-refractivity contribution in [2.75, 3.05) is 13.2 Å². The summed E-state index contributed by atoms with van der Waals surface area (Å²) in [4.78, 5) is 8.68. The maximum absolute atomic E-state index is 6.01. The van der Waals surface area contributed by atoms with E-state index < -0.39 is 0 Å². The number of hydrogen-bond acceptors (Lipinski definition) is 5. The normalized spacial score (nSPS) is 16.8. The topological polar surface area (TPSA) is 98.6 Å². The Kier molecular flexibility index (Phi) is 7.03. The van der Waals surface area contributed by atoms with Crippen molar-refractivity contribution >= 4 is 29.9 Å². The van der Waals surface area contributed by atoms with Gasteiger partial charge in [0.1, 0.15) is 5.75 Å². The van der Waals surface area contributed by atoms with E-state index in [1.807, 2.05) is 38.1 Å². The van der Waals surface area contributed by atoms with Crippen molar-refractivity contribution < 1.29 is 9.26 Å². The average Bonchev–Trinajstić information content (AvgIpc) is 3.04. The highest BCUT2D eigenvalue weighted by atomic mass is 127. The van der Waals surface area contributed by atoms with Crippen LogP contribution >= 0.6 is 24.0 Å². The van der Waals surface area contributed by atoms with Crippen LogP contribution in [0.1, 0.15) is 49.5 Å². The number of guanidine groups is 1. The summed E-state index contributed by atoms with van der Waals surface area (Å²) in [5, 5.41) is 7.20. The molecule has 0 fully saturated rings. The Morgan fingerprint density at radius 2 is 2.20 bits per heavy atom. The Bertz CT molecular complexity index is 717. The largest absolute Gasteiger partial charge is 0.493 e. The molecule has 136 valence electrons. The number of nitrogens with one attached hydrogen (secondary N) is 1. The maximum atomic E-state index is 6.01. The SMILES string of the molecule is CC(C)c1noc(CCN=C(N)NC2CCOc3ccccc32)n1.I. The Morgan fingerprint density at radius 1 is 1.40 bits per heavy atom. The number of nitrogens with zero attached hydrogens (tertiary/aromatic N) is 3. The van der Waals surface area contributed by atoms with E-state index in [1.54, 1.807) is 0 Å². The molecule has 1 aliphatic heterocycles. The third kappa shape index (κ3) is 5.07. The molecule has 1 aromatic heterocycles. The quantitative estimate of drug-likeness (QED) is 0.407. The average molecular weight is 457 g/mol. The molecule has 0 amide bonds. The Labute approximate surface area is 164 Å². The molecule has 1 aromatic carbocycles. The first-order valence-electron chi connectivity index (χ1n) is 8.24. The van der Waals surface area contributed by atoms with Gasteiger partial charge in [0.2, 0.25) is 5.89 Å². The van der Waals surface area contributed by atoms with Gasteiger partial charge in [-0.15, -0.1) is 24.0 Å². The molecule has 1 atom stereocenters. The lowest BCUT2D eigenvalue weighted by molar-refractivity contribution is 0.262. The molecule has 2 aromatic rings. The number of benzene rings is 1. The number of halogens is 1. The lowest BCUT2D eigenvalue weighted by atomic mass is 10.0. The van der Waals surface area contributed by atoms with Crippen LogP contribution in [0, 0.1) is 0 Å². The van der Waals surface area contributed by atoms with Gasteiger partial charge in [-0.3, -0.25) is 4.99 Å². The molecule has 0 bridgehead atoms. The van der Waals surface area contributed by atoms with Crippen molar-refractivity contribution in [1.29, 1.82) is 0 Å². The smallest absolute Gasteiger partial charge is 0.228 e. The molecule has 0 saturated heterocycles. The maximum Gasteiger partial charge on any atom is 0.228 e. The van der Waals surface area contributed by atoms with E-state index >= 15 is 0 Å². The summed E-state index contributed by atoms with van der Waals surface area (Å²) in [5.74, 6) is 2.89. The van der Waals surface area contributed by atoms with Crippen LogP contribution in [0.2, 0.25) is 0 Å². The molecular formula is C17H24IN5O2. The van der Waals surface area contributed by atoms with Gasteiger partial charge in [0.15, 0.2) is 11.8 Å². The summed E-state index contributed by atoms with van der Waals surface area (Å²) in [6, 6.07) is 8.10. The van der Waals surface area contributed by atoms with Gasteiger partial charge in [-0.2, -0.15) is 4.98 Å². The summed E-state index contributed by atoms with van der Waals surface area (Å²) < 4.78 is 10.8. The number of para-hydroxylation sites is 1. The molecule has 1 unspecified atom stereocenters. The summed E-state index contributed by atoms with van der Waals surface area (Å²) in [7, 11) is 0. The second-order valence-electron chi connectivity index (χ2n) is 6.09. The van der Waals surface area contributed by atoms with Crippen LogP contribution in [-0.4, -0.2) is 29.3 Å². The highest BCUT2D eigenvalue weighted by Gasteiger charge is 2.21. The standard InChI is InChI=1S/C17H23N5O2.HI/c1-11(2)16-21-15(24-22-16)7-9-19-17(18)20-13-8-10-23-14-6-4-3-5-12(13)14;/h3-6,11,13H,7-10H2,1-2H3,(H3,18,19,20);1H. The van der Waals surface area contributed by atoms with Gasteiger partial charge in [0.25, 0.3) is 0 Å². The van der Waals surface area contributed by atoms with Crippen molar-refractivity contribution in [2.45, 2.75) is 38.6 Å². The van der Waals surface area contributed by atoms with Crippen LogP contribution in [0.15, 0.2) is 33.8 Å². The van der Waals surface area contributed by atoms with E-state index in [2.05, 4.69) is 20.4 Å². The van der Waals surface area contributed by atoms with E-state index in [4.69, 9.17) is 15.0 Å². The third-order valence-corrected chi connectivity index (χ3v) is 3.89. The summed E-state index contributed by atoms with van der Waals surface area (Å²) >= 11 is 0. The first-order valence-corrected chi connectivity index (χ1v) is 8.24. The molecular weight excluding hydrogens is 433 g/mol. The van der Waals surface area contributed by atoms with Crippen LogP contribution in [0.25, 0.3) is 0 Å². The van der Waals surface area contributed by atoms with Gasteiger partial charge in [-0.25, -0.2) is 0 Å². The molecule has 8 heteroatoms. The van der Waals surface area contributed by atoms with Crippen LogP contribution in [0.5, 0.6) is 5.75 Å². The second-order valence-corrected chi connectivity index (χ2v) is 6.09. The number of ether oxygens (including phenoxy) is 1. The highest BCUT2D eigenvalue weighted by Crippen LogP contribution is 2.31. The molecule has 0 spiro atoms. The van der Waals surface area contributed by atoms with Crippen LogP contribution in [-0.2, 0) is 6.42 Å². The van der Waals surface area contributed by atoms with Gasteiger partial charge in [-0.05, 0) is 6.07 Å². The summed E-state index contributed by atoms with van der Waals surface area (Å²) in [5.41, 5.74) is 7.12. The van der Waals surface area contributed by atoms with Crippen molar-refractivity contribution in [3.63, 3.8) is 0 Å². The highest BCUT2D eigenvalue weighted by molar-refractivity contribution is 14.0. The molecule has 3 N–H and O–H groups in total. The molecule has 1 aliphatic rings. The monoisotopic (exact) mass is 457 g/mol.